The van der Waals surface area contributed by atoms with Crippen LogP contribution in [-0.2, 0) is 9.59 Å². The second kappa shape index (κ2) is 4.03. The van der Waals surface area contributed by atoms with Crippen LogP contribution in [0.25, 0.3) is 0 Å². The van der Waals surface area contributed by atoms with Crippen molar-refractivity contribution >= 4 is 11.8 Å². The topological polar surface area (TPSA) is 90.5 Å². The Labute approximate surface area is 69.3 Å². The van der Waals surface area contributed by atoms with Crippen LogP contribution in [-0.4, -0.2) is 36.1 Å². The van der Waals surface area contributed by atoms with E-state index in [4.69, 9.17) is 5.11 Å². The van der Waals surface area contributed by atoms with E-state index in [1.165, 1.54) is 0 Å². The first-order valence-corrected chi connectivity index (χ1v) is 3.67. The molecule has 12 heavy (non-hydrogen) atoms. The lowest BCUT2D eigenvalue weighted by molar-refractivity contribution is -0.124. The van der Waals surface area contributed by atoms with E-state index in [9.17, 15) is 9.59 Å². The molecular formula is C6H11N3O3. The fourth-order valence-electron chi connectivity index (χ4n) is 0.916. The van der Waals surface area contributed by atoms with Gasteiger partial charge in [0.15, 0.2) is 0 Å². The zero-order valence-electron chi connectivity index (χ0n) is 6.46. The lowest BCUT2D eigenvalue weighted by Gasteiger charge is -2.07. The van der Waals surface area contributed by atoms with E-state index < -0.39 is 6.04 Å². The third kappa shape index (κ3) is 2.18. The van der Waals surface area contributed by atoms with Crippen molar-refractivity contribution < 1.29 is 14.7 Å². The van der Waals surface area contributed by atoms with Crippen molar-refractivity contribution in [3.8, 4) is 0 Å². The van der Waals surface area contributed by atoms with Crippen LogP contribution < -0.4 is 16.2 Å². The van der Waals surface area contributed by atoms with E-state index in [-0.39, 0.29) is 31.4 Å². The Balaban J connectivity index is 2.28. The maximum absolute atomic E-state index is 11.1. The van der Waals surface area contributed by atoms with Crippen molar-refractivity contribution in [3.05, 3.63) is 0 Å². The van der Waals surface area contributed by atoms with Crippen molar-refractivity contribution in [2.75, 3.05) is 13.2 Å². The Bertz CT molecular complexity index is 194. The maximum Gasteiger partial charge on any atom is 0.239 e. The van der Waals surface area contributed by atoms with Gasteiger partial charge in [0.1, 0.15) is 6.04 Å². The molecule has 0 aromatic carbocycles. The number of hydrogen-bond donors (Lipinski definition) is 4. The van der Waals surface area contributed by atoms with Gasteiger partial charge in [-0.1, -0.05) is 0 Å². The fourth-order valence-corrected chi connectivity index (χ4v) is 0.916. The third-order valence-corrected chi connectivity index (χ3v) is 1.50. The average Bonchev–Trinajstić information content (AvgIpc) is 2.47. The predicted octanol–water partition coefficient (Wildman–Crippen LogP) is -2.51. The van der Waals surface area contributed by atoms with Crippen LogP contribution in [0.1, 0.15) is 6.42 Å². The molecule has 0 saturated carbocycles. The highest BCUT2D eigenvalue weighted by molar-refractivity contribution is 5.90. The first-order chi connectivity index (χ1) is 5.74. The van der Waals surface area contributed by atoms with Gasteiger partial charge in [-0.15, -0.1) is 0 Å². The zero-order chi connectivity index (χ0) is 8.97. The van der Waals surface area contributed by atoms with Crippen LogP contribution in [0.3, 0.4) is 0 Å². The van der Waals surface area contributed by atoms with Crippen molar-refractivity contribution in [2.45, 2.75) is 12.5 Å². The maximum atomic E-state index is 11.1. The molecule has 6 heteroatoms. The molecule has 2 amide bonds. The molecule has 0 aromatic heterocycles. The second-order valence-corrected chi connectivity index (χ2v) is 2.46. The smallest absolute Gasteiger partial charge is 0.239 e. The third-order valence-electron chi connectivity index (χ3n) is 1.50. The number of aliphatic hydroxyl groups is 1. The molecule has 1 atom stereocenters. The minimum Gasteiger partial charge on any atom is -0.395 e. The van der Waals surface area contributed by atoms with Gasteiger partial charge in [0.25, 0.3) is 0 Å². The van der Waals surface area contributed by atoms with Crippen molar-refractivity contribution in [1.82, 2.24) is 16.2 Å². The molecule has 1 heterocycles. The lowest BCUT2D eigenvalue weighted by atomic mass is 10.2. The van der Waals surface area contributed by atoms with Gasteiger partial charge in [-0.05, 0) is 0 Å². The highest BCUT2D eigenvalue weighted by atomic mass is 16.3. The highest BCUT2D eigenvalue weighted by Crippen LogP contribution is 1.96. The van der Waals surface area contributed by atoms with E-state index in [2.05, 4.69) is 16.2 Å². The van der Waals surface area contributed by atoms with E-state index >= 15 is 0 Å². The Morgan fingerprint density at radius 2 is 2.50 bits per heavy atom. The molecule has 1 saturated heterocycles. The Morgan fingerprint density at radius 3 is 3.00 bits per heavy atom. The van der Waals surface area contributed by atoms with Crippen LogP contribution in [0.4, 0.5) is 0 Å². The zero-order valence-corrected chi connectivity index (χ0v) is 6.46. The SMILES string of the molecule is O=C1CC(C(=O)NCCO)NN1. The lowest BCUT2D eigenvalue weighted by Crippen LogP contribution is -2.44. The van der Waals surface area contributed by atoms with E-state index in [1.54, 1.807) is 0 Å². The first kappa shape index (κ1) is 8.95. The van der Waals surface area contributed by atoms with Crippen LogP contribution in [0.15, 0.2) is 0 Å². The molecule has 0 spiro atoms. The number of nitrogens with one attached hydrogen (secondary N) is 3. The van der Waals surface area contributed by atoms with Gasteiger partial charge in [-0.3, -0.25) is 15.0 Å². The first-order valence-electron chi connectivity index (χ1n) is 3.67. The number of carbonyl (C=O) groups is 2. The van der Waals surface area contributed by atoms with E-state index in [0.717, 1.165) is 0 Å². The van der Waals surface area contributed by atoms with Crippen LogP contribution in [0.5, 0.6) is 0 Å². The molecule has 0 aromatic rings. The largest absolute Gasteiger partial charge is 0.395 e. The summed E-state index contributed by atoms with van der Waals surface area (Å²) in [6, 6.07) is -0.510. The summed E-state index contributed by atoms with van der Waals surface area (Å²) >= 11 is 0. The van der Waals surface area contributed by atoms with Crippen LogP contribution in [0.2, 0.25) is 0 Å². The molecule has 1 aliphatic rings. The summed E-state index contributed by atoms with van der Waals surface area (Å²) in [5.41, 5.74) is 4.84. The summed E-state index contributed by atoms with van der Waals surface area (Å²) in [5.74, 6) is -0.471. The average molecular weight is 173 g/mol. The molecule has 6 nitrogen and oxygen atoms in total. The molecule has 1 rings (SSSR count). The van der Waals surface area contributed by atoms with Gasteiger partial charge in [-0.25, -0.2) is 5.43 Å². The minimum atomic E-state index is -0.510. The minimum absolute atomic E-state index is 0.0974. The molecule has 0 radical (unpaired) electrons. The quantitative estimate of drug-likeness (QED) is 0.379. The number of hydrazine groups is 1. The molecule has 4 N–H and O–H groups in total. The molecule has 1 aliphatic heterocycles. The van der Waals surface area contributed by atoms with Crippen LogP contribution in [0, 0.1) is 0 Å². The number of carbonyl (C=O) groups excluding carboxylic acids is 2. The number of aliphatic hydroxyl groups excluding tert-OH is 1. The molecule has 0 bridgehead atoms. The molecular weight excluding hydrogens is 162 g/mol. The van der Waals surface area contributed by atoms with Crippen molar-refractivity contribution in [3.63, 3.8) is 0 Å². The molecule has 68 valence electrons. The summed E-state index contributed by atoms with van der Waals surface area (Å²) < 4.78 is 0. The van der Waals surface area contributed by atoms with Crippen molar-refractivity contribution in [2.24, 2.45) is 0 Å². The van der Waals surface area contributed by atoms with E-state index in [1.807, 2.05) is 0 Å². The van der Waals surface area contributed by atoms with Gasteiger partial charge in [-0.2, -0.15) is 0 Å². The van der Waals surface area contributed by atoms with E-state index in [0.29, 0.717) is 0 Å². The molecule has 1 fully saturated rings. The Morgan fingerprint density at radius 1 is 1.75 bits per heavy atom. The summed E-state index contributed by atoms with van der Waals surface area (Å²) in [5, 5.41) is 10.8. The highest BCUT2D eigenvalue weighted by Gasteiger charge is 2.26. The van der Waals surface area contributed by atoms with Gasteiger partial charge < -0.3 is 10.4 Å². The predicted molar refractivity (Wildman–Crippen MR) is 39.8 cm³/mol. The van der Waals surface area contributed by atoms with Crippen molar-refractivity contribution in [1.29, 1.82) is 0 Å². The normalized spacial score (nSPS) is 22.1. The molecule has 1 unspecified atom stereocenters. The number of rotatable bonds is 3. The summed E-state index contributed by atoms with van der Waals surface area (Å²) in [7, 11) is 0. The van der Waals surface area contributed by atoms with Gasteiger partial charge >= 0.3 is 0 Å². The number of amides is 2. The molecule has 0 aliphatic carbocycles. The Kier molecular flexibility index (Phi) is 3.01. The number of hydrogen-bond acceptors (Lipinski definition) is 4. The van der Waals surface area contributed by atoms with Gasteiger partial charge in [0, 0.05) is 6.54 Å². The Hall–Kier alpha value is -1.14. The second-order valence-electron chi connectivity index (χ2n) is 2.46. The fraction of sp³-hybridized carbons (Fsp3) is 0.667. The summed E-state index contributed by atoms with van der Waals surface area (Å²) in [6.45, 7) is 0.116. The summed E-state index contributed by atoms with van der Waals surface area (Å²) in [4.78, 5) is 21.7. The summed E-state index contributed by atoms with van der Waals surface area (Å²) in [6.07, 6.45) is 0.150. The van der Waals surface area contributed by atoms with Gasteiger partial charge in [0.05, 0.1) is 13.0 Å². The standard InChI is InChI=1S/C6H11N3O3/c10-2-1-7-6(12)4-3-5(11)9-8-4/h4,8,10H,1-3H2,(H,7,12)(H,9,11). The monoisotopic (exact) mass is 173 g/mol. The van der Waals surface area contributed by atoms with Crippen LogP contribution >= 0.6 is 0 Å². The van der Waals surface area contributed by atoms with Gasteiger partial charge in [0.2, 0.25) is 11.8 Å².